The van der Waals surface area contributed by atoms with Gasteiger partial charge in [-0.05, 0) is 42.5 Å². The van der Waals surface area contributed by atoms with Crippen molar-refractivity contribution >= 4 is 29.1 Å². The standard InChI is InChI=1S/C18H13ClN2O3/c19-12-8-9-16(24-13-5-2-1-3-6-13)15(11-12)21-17-14(18(22)23)7-4-10-20-17/h1-11H,(H,20,21)(H,22,23). The summed E-state index contributed by atoms with van der Waals surface area (Å²) < 4.78 is 5.84. The van der Waals surface area contributed by atoms with E-state index < -0.39 is 5.97 Å². The van der Waals surface area contributed by atoms with E-state index in [1.807, 2.05) is 30.3 Å². The highest BCUT2D eigenvalue weighted by Gasteiger charge is 2.13. The smallest absolute Gasteiger partial charge is 0.339 e. The lowest BCUT2D eigenvalue weighted by atomic mass is 10.2. The Hall–Kier alpha value is -3.05. The zero-order valence-corrected chi connectivity index (χ0v) is 13.2. The topological polar surface area (TPSA) is 71.5 Å². The van der Waals surface area contributed by atoms with Crippen LogP contribution in [0.25, 0.3) is 0 Å². The average molecular weight is 341 g/mol. The van der Waals surface area contributed by atoms with Crippen LogP contribution < -0.4 is 10.1 Å². The van der Waals surface area contributed by atoms with E-state index in [0.29, 0.717) is 22.2 Å². The molecule has 0 aliphatic heterocycles. The Labute approximate surface area is 143 Å². The van der Waals surface area contributed by atoms with Gasteiger partial charge in [0.15, 0.2) is 5.75 Å². The molecule has 24 heavy (non-hydrogen) atoms. The molecule has 0 fully saturated rings. The molecule has 2 N–H and O–H groups in total. The summed E-state index contributed by atoms with van der Waals surface area (Å²) in [7, 11) is 0. The van der Waals surface area contributed by atoms with Crippen LogP contribution in [0.4, 0.5) is 11.5 Å². The fourth-order valence-electron chi connectivity index (χ4n) is 2.11. The number of hydrogen-bond acceptors (Lipinski definition) is 4. The van der Waals surface area contributed by atoms with Crippen molar-refractivity contribution in [2.24, 2.45) is 0 Å². The van der Waals surface area contributed by atoms with Crippen molar-refractivity contribution in [1.82, 2.24) is 4.98 Å². The third-order valence-corrected chi connectivity index (χ3v) is 3.44. The van der Waals surface area contributed by atoms with Crippen LogP contribution >= 0.6 is 11.6 Å². The fourth-order valence-corrected chi connectivity index (χ4v) is 2.28. The van der Waals surface area contributed by atoms with Crippen LogP contribution in [0, 0.1) is 0 Å². The van der Waals surface area contributed by atoms with E-state index >= 15 is 0 Å². The second-order valence-electron chi connectivity index (χ2n) is 4.89. The number of benzene rings is 2. The van der Waals surface area contributed by atoms with Gasteiger partial charge in [-0.3, -0.25) is 0 Å². The first-order chi connectivity index (χ1) is 11.6. The number of aromatic carboxylic acids is 1. The van der Waals surface area contributed by atoms with E-state index in [-0.39, 0.29) is 11.4 Å². The van der Waals surface area contributed by atoms with Gasteiger partial charge in [0, 0.05) is 11.2 Å². The molecule has 0 aliphatic rings. The van der Waals surface area contributed by atoms with E-state index in [1.165, 1.54) is 12.3 Å². The molecule has 0 saturated carbocycles. The van der Waals surface area contributed by atoms with Crippen LogP contribution in [0.15, 0.2) is 66.9 Å². The number of halogens is 1. The molecule has 0 aliphatic carbocycles. The van der Waals surface area contributed by atoms with Gasteiger partial charge in [0.2, 0.25) is 0 Å². The number of aromatic nitrogens is 1. The molecule has 0 spiro atoms. The average Bonchev–Trinajstić information content (AvgIpc) is 2.58. The van der Waals surface area contributed by atoms with Crippen molar-refractivity contribution in [3.63, 3.8) is 0 Å². The van der Waals surface area contributed by atoms with Crippen molar-refractivity contribution in [3.05, 3.63) is 77.4 Å². The molecule has 0 saturated heterocycles. The molecule has 6 heteroatoms. The third-order valence-electron chi connectivity index (χ3n) is 3.20. The Kier molecular flexibility index (Phi) is 4.63. The van der Waals surface area contributed by atoms with E-state index in [9.17, 15) is 9.90 Å². The molecule has 0 unspecified atom stereocenters. The Morgan fingerprint density at radius 2 is 1.88 bits per heavy atom. The van der Waals surface area contributed by atoms with E-state index in [0.717, 1.165) is 0 Å². The zero-order chi connectivity index (χ0) is 16.9. The van der Waals surface area contributed by atoms with Crippen molar-refractivity contribution in [2.75, 3.05) is 5.32 Å². The van der Waals surface area contributed by atoms with Crippen molar-refractivity contribution < 1.29 is 14.6 Å². The Balaban J connectivity index is 1.96. The highest BCUT2D eigenvalue weighted by Crippen LogP contribution is 2.34. The highest BCUT2D eigenvalue weighted by atomic mass is 35.5. The molecule has 120 valence electrons. The first kappa shape index (κ1) is 15.8. The number of pyridine rings is 1. The zero-order valence-electron chi connectivity index (χ0n) is 12.4. The summed E-state index contributed by atoms with van der Waals surface area (Å²) in [4.78, 5) is 15.4. The maximum Gasteiger partial charge on any atom is 0.339 e. The van der Waals surface area contributed by atoms with Gasteiger partial charge >= 0.3 is 5.97 Å². The third kappa shape index (κ3) is 3.64. The Morgan fingerprint density at radius 1 is 1.08 bits per heavy atom. The molecule has 0 bridgehead atoms. The summed E-state index contributed by atoms with van der Waals surface area (Å²) in [6.45, 7) is 0. The minimum absolute atomic E-state index is 0.0585. The van der Waals surface area contributed by atoms with Crippen LogP contribution in [0.2, 0.25) is 5.02 Å². The van der Waals surface area contributed by atoms with Gasteiger partial charge in [0.1, 0.15) is 17.1 Å². The second-order valence-corrected chi connectivity index (χ2v) is 5.32. The molecule has 2 aromatic carbocycles. The van der Waals surface area contributed by atoms with E-state index in [1.54, 1.807) is 24.3 Å². The van der Waals surface area contributed by atoms with Gasteiger partial charge in [0.25, 0.3) is 0 Å². The maximum atomic E-state index is 11.3. The highest BCUT2D eigenvalue weighted by molar-refractivity contribution is 6.31. The normalized spacial score (nSPS) is 10.2. The number of para-hydroxylation sites is 1. The molecule has 0 amide bonds. The Morgan fingerprint density at radius 3 is 2.62 bits per heavy atom. The van der Waals surface area contributed by atoms with Crippen LogP contribution in [0.1, 0.15) is 10.4 Å². The molecule has 1 heterocycles. The van der Waals surface area contributed by atoms with Crippen LogP contribution in [0.5, 0.6) is 11.5 Å². The lowest BCUT2D eigenvalue weighted by molar-refractivity contribution is 0.0697. The lowest BCUT2D eigenvalue weighted by Gasteiger charge is -2.14. The summed E-state index contributed by atoms with van der Waals surface area (Å²) in [5.74, 6) is 0.304. The van der Waals surface area contributed by atoms with Gasteiger partial charge in [-0.2, -0.15) is 0 Å². The summed E-state index contributed by atoms with van der Waals surface area (Å²) in [6.07, 6.45) is 1.51. The lowest BCUT2D eigenvalue weighted by Crippen LogP contribution is -2.05. The molecule has 3 aromatic rings. The van der Waals surface area contributed by atoms with Crippen LogP contribution in [-0.2, 0) is 0 Å². The van der Waals surface area contributed by atoms with E-state index in [4.69, 9.17) is 16.3 Å². The second kappa shape index (κ2) is 7.02. The number of anilines is 2. The summed E-state index contributed by atoms with van der Waals surface area (Å²) >= 11 is 6.06. The Bertz CT molecular complexity index is 869. The number of carboxylic acid groups (broad SMARTS) is 1. The first-order valence-electron chi connectivity index (χ1n) is 7.11. The van der Waals surface area contributed by atoms with Gasteiger partial charge in [-0.1, -0.05) is 29.8 Å². The predicted octanol–water partition coefficient (Wildman–Crippen LogP) is 4.97. The summed E-state index contributed by atoms with van der Waals surface area (Å²) in [5, 5.41) is 12.7. The van der Waals surface area contributed by atoms with Crippen molar-refractivity contribution in [2.45, 2.75) is 0 Å². The number of nitrogens with one attached hydrogen (secondary N) is 1. The molecule has 5 nitrogen and oxygen atoms in total. The van der Waals surface area contributed by atoms with E-state index in [2.05, 4.69) is 10.3 Å². The van der Waals surface area contributed by atoms with Crippen LogP contribution in [-0.4, -0.2) is 16.1 Å². The SMILES string of the molecule is O=C(O)c1cccnc1Nc1cc(Cl)ccc1Oc1ccccc1. The minimum atomic E-state index is -1.07. The molecule has 0 atom stereocenters. The summed E-state index contributed by atoms with van der Waals surface area (Å²) in [6, 6.07) is 17.3. The molecule has 1 aromatic heterocycles. The summed E-state index contributed by atoms with van der Waals surface area (Å²) in [5.41, 5.74) is 0.579. The number of rotatable bonds is 5. The molecule has 0 radical (unpaired) electrons. The predicted molar refractivity (Wildman–Crippen MR) is 92.4 cm³/mol. The fraction of sp³-hybridized carbons (Fsp3) is 0. The monoisotopic (exact) mass is 340 g/mol. The van der Waals surface area contributed by atoms with Gasteiger partial charge in [0.05, 0.1) is 5.69 Å². The van der Waals surface area contributed by atoms with Gasteiger partial charge < -0.3 is 15.2 Å². The number of ether oxygens (including phenoxy) is 1. The number of carboxylic acids is 1. The molecule has 3 rings (SSSR count). The van der Waals surface area contributed by atoms with Gasteiger partial charge in [-0.25, -0.2) is 9.78 Å². The largest absolute Gasteiger partial charge is 0.478 e. The number of nitrogens with zero attached hydrogens (tertiary/aromatic N) is 1. The minimum Gasteiger partial charge on any atom is -0.478 e. The van der Waals surface area contributed by atoms with Crippen molar-refractivity contribution in [1.29, 1.82) is 0 Å². The van der Waals surface area contributed by atoms with Crippen LogP contribution in [0.3, 0.4) is 0 Å². The van der Waals surface area contributed by atoms with Gasteiger partial charge in [-0.15, -0.1) is 0 Å². The quantitative estimate of drug-likeness (QED) is 0.686. The number of hydrogen-bond donors (Lipinski definition) is 2. The molecular weight excluding hydrogens is 328 g/mol. The maximum absolute atomic E-state index is 11.3. The van der Waals surface area contributed by atoms with Crippen molar-refractivity contribution in [3.8, 4) is 11.5 Å². The first-order valence-corrected chi connectivity index (χ1v) is 7.49. The molecular formula is C18H13ClN2O3. The number of carbonyl (C=O) groups is 1.